The number of methoxy groups -OCH3 is 1. The summed E-state index contributed by atoms with van der Waals surface area (Å²) in [5.74, 6) is 0.0354. The van der Waals surface area contributed by atoms with Crippen LogP contribution in [0.25, 0.3) is 5.70 Å². The fourth-order valence-electron chi connectivity index (χ4n) is 4.28. The van der Waals surface area contributed by atoms with Crippen molar-refractivity contribution in [3.8, 4) is 11.5 Å². The molecule has 2 aliphatic rings. The van der Waals surface area contributed by atoms with Gasteiger partial charge in [-0.2, -0.15) is 0 Å². The Balaban J connectivity index is 1.92. The Labute approximate surface area is 181 Å². The van der Waals surface area contributed by atoms with E-state index < -0.39 is 11.9 Å². The number of ether oxygens (including phenoxy) is 3. The van der Waals surface area contributed by atoms with Crippen LogP contribution in [0.1, 0.15) is 48.2 Å². The SMILES string of the molecule is CCOC(=O)C1=C(C)NC2=C(C(=O)c3ccccc32)[C@@H]1c1ccc(OC)c(OCC)c1. The third-order valence-electron chi connectivity index (χ3n) is 5.57. The number of nitrogens with one attached hydrogen (secondary N) is 1. The Hall–Kier alpha value is -3.54. The van der Waals surface area contributed by atoms with Crippen LogP contribution < -0.4 is 14.8 Å². The van der Waals surface area contributed by atoms with Crippen molar-refractivity contribution in [1.82, 2.24) is 5.32 Å². The molecule has 0 saturated heterocycles. The number of Topliss-reactive ketones (excluding diaryl/α,β-unsaturated/α-hetero) is 1. The molecule has 0 aromatic heterocycles. The summed E-state index contributed by atoms with van der Waals surface area (Å²) in [5, 5.41) is 3.30. The summed E-state index contributed by atoms with van der Waals surface area (Å²) >= 11 is 0. The van der Waals surface area contributed by atoms with Crippen LogP contribution in [0.15, 0.2) is 59.3 Å². The minimum atomic E-state index is -0.583. The lowest BCUT2D eigenvalue weighted by atomic mass is 9.79. The number of carbonyl (C=O) groups is 2. The summed E-state index contributed by atoms with van der Waals surface area (Å²) in [6, 6.07) is 13.0. The van der Waals surface area contributed by atoms with Gasteiger partial charge in [0.15, 0.2) is 17.3 Å². The van der Waals surface area contributed by atoms with Crippen molar-refractivity contribution in [3.05, 3.63) is 76.0 Å². The molecule has 31 heavy (non-hydrogen) atoms. The molecule has 160 valence electrons. The zero-order valence-electron chi connectivity index (χ0n) is 18.1. The number of esters is 1. The van der Waals surface area contributed by atoms with Gasteiger partial charge in [0.05, 0.1) is 31.6 Å². The van der Waals surface area contributed by atoms with E-state index in [9.17, 15) is 9.59 Å². The zero-order chi connectivity index (χ0) is 22.1. The Morgan fingerprint density at radius 1 is 1.03 bits per heavy atom. The quantitative estimate of drug-likeness (QED) is 0.707. The Bertz CT molecular complexity index is 1130. The molecule has 1 aliphatic heterocycles. The summed E-state index contributed by atoms with van der Waals surface area (Å²) in [7, 11) is 1.58. The van der Waals surface area contributed by atoms with E-state index in [-0.39, 0.29) is 12.4 Å². The molecule has 0 fully saturated rings. The van der Waals surface area contributed by atoms with E-state index in [1.807, 2.05) is 50.2 Å². The first kappa shape index (κ1) is 20.7. The van der Waals surface area contributed by atoms with E-state index in [1.54, 1.807) is 20.1 Å². The van der Waals surface area contributed by atoms with Crippen LogP contribution in [-0.4, -0.2) is 32.1 Å². The van der Waals surface area contributed by atoms with E-state index in [4.69, 9.17) is 14.2 Å². The van der Waals surface area contributed by atoms with Gasteiger partial charge in [0.2, 0.25) is 0 Å². The maximum atomic E-state index is 13.5. The fourth-order valence-corrected chi connectivity index (χ4v) is 4.28. The van der Waals surface area contributed by atoms with Gasteiger partial charge in [-0.25, -0.2) is 4.79 Å². The van der Waals surface area contributed by atoms with Crippen molar-refractivity contribution in [2.24, 2.45) is 0 Å². The number of carbonyl (C=O) groups excluding carboxylic acids is 2. The van der Waals surface area contributed by atoms with Gasteiger partial charge in [-0.1, -0.05) is 30.3 Å². The van der Waals surface area contributed by atoms with Crippen LogP contribution in [0.3, 0.4) is 0 Å². The molecule has 1 atom stereocenters. The molecule has 0 bridgehead atoms. The zero-order valence-corrected chi connectivity index (χ0v) is 18.1. The van der Waals surface area contributed by atoms with Crippen molar-refractivity contribution in [2.75, 3.05) is 20.3 Å². The molecule has 2 aromatic rings. The molecule has 6 heteroatoms. The lowest BCUT2D eigenvalue weighted by molar-refractivity contribution is -0.138. The fraction of sp³-hybridized carbons (Fsp3) is 0.280. The highest BCUT2D eigenvalue weighted by molar-refractivity contribution is 6.23. The number of fused-ring (bicyclic) bond motifs is 2. The van der Waals surface area contributed by atoms with Crippen molar-refractivity contribution in [3.63, 3.8) is 0 Å². The average molecular weight is 419 g/mol. The van der Waals surface area contributed by atoms with Gasteiger partial charge in [0, 0.05) is 28.3 Å². The third-order valence-corrected chi connectivity index (χ3v) is 5.57. The third kappa shape index (κ3) is 3.38. The summed E-state index contributed by atoms with van der Waals surface area (Å²) in [5.41, 5.74) is 4.61. The maximum Gasteiger partial charge on any atom is 0.336 e. The highest BCUT2D eigenvalue weighted by Crippen LogP contribution is 2.47. The molecule has 2 aromatic carbocycles. The number of hydrogen-bond acceptors (Lipinski definition) is 6. The Kier molecular flexibility index (Phi) is 5.55. The smallest absolute Gasteiger partial charge is 0.336 e. The summed E-state index contributed by atoms with van der Waals surface area (Å²) in [6.07, 6.45) is 0. The number of dihydropyridines is 1. The van der Waals surface area contributed by atoms with E-state index >= 15 is 0 Å². The molecular formula is C25H25NO5. The van der Waals surface area contributed by atoms with Gasteiger partial charge in [-0.3, -0.25) is 4.79 Å². The highest BCUT2D eigenvalue weighted by atomic mass is 16.5. The number of hydrogen-bond donors (Lipinski definition) is 1. The summed E-state index contributed by atoms with van der Waals surface area (Å²) < 4.78 is 16.5. The van der Waals surface area contributed by atoms with Gasteiger partial charge in [0.25, 0.3) is 0 Å². The normalized spacial score (nSPS) is 17.2. The van der Waals surface area contributed by atoms with Crippen LogP contribution in [0, 0.1) is 0 Å². The Morgan fingerprint density at radius 3 is 2.45 bits per heavy atom. The topological polar surface area (TPSA) is 73.9 Å². The van der Waals surface area contributed by atoms with E-state index in [0.717, 1.165) is 16.8 Å². The molecule has 0 radical (unpaired) electrons. The lowest BCUT2D eigenvalue weighted by Gasteiger charge is -2.29. The Morgan fingerprint density at radius 2 is 1.77 bits per heavy atom. The second-order valence-electron chi connectivity index (χ2n) is 7.32. The van der Waals surface area contributed by atoms with E-state index in [0.29, 0.717) is 40.5 Å². The average Bonchev–Trinajstić information content (AvgIpc) is 3.05. The van der Waals surface area contributed by atoms with Crippen LogP contribution >= 0.6 is 0 Å². The molecule has 6 nitrogen and oxygen atoms in total. The van der Waals surface area contributed by atoms with Crippen molar-refractivity contribution < 1.29 is 23.8 Å². The van der Waals surface area contributed by atoms with Crippen molar-refractivity contribution >= 4 is 17.4 Å². The van der Waals surface area contributed by atoms with Gasteiger partial charge in [-0.05, 0) is 38.5 Å². The molecule has 0 unspecified atom stereocenters. The molecule has 0 saturated carbocycles. The second-order valence-corrected chi connectivity index (χ2v) is 7.32. The molecule has 4 rings (SSSR count). The van der Waals surface area contributed by atoms with Gasteiger partial charge < -0.3 is 19.5 Å². The summed E-state index contributed by atoms with van der Waals surface area (Å²) in [4.78, 5) is 26.4. The van der Waals surface area contributed by atoms with Crippen LogP contribution in [-0.2, 0) is 9.53 Å². The largest absolute Gasteiger partial charge is 0.493 e. The van der Waals surface area contributed by atoms with E-state index in [2.05, 4.69) is 5.32 Å². The number of ketones is 1. The minimum Gasteiger partial charge on any atom is -0.493 e. The first-order chi connectivity index (χ1) is 15.0. The van der Waals surface area contributed by atoms with Crippen molar-refractivity contribution in [1.29, 1.82) is 0 Å². The van der Waals surface area contributed by atoms with Crippen LogP contribution in [0.2, 0.25) is 0 Å². The molecular weight excluding hydrogens is 394 g/mol. The molecule has 0 amide bonds. The minimum absolute atomic E-state index is 0.0915. The van der Waals surface area contributed by atoms with Gasteiger partial charge in [0.1, 0.15) is 0 Å². The monoisotopic (exact) mass is 419 g/mol. The van der Waals surface area contributed by atoms with E-state index in [1.165, 1.54) is 0 Å². The van der Waals surface area contributed by atoms with Gasteiger partial charge >= 0.3 is 5.97 Å². The lowest BCUT2D eigenvalue weighted by Crippen LogP contribution is -2.29. The molecule has 1 heterocycles. The number of benzene rings is 2. The first-order valence-electron chi connectivity index (χ1n) is 10.4. The van der Waals surface area contributed by atoms with Crippen molar-refractivity contribution in [2.45, 2.75) is 26.7 Å². The predicted octanol–water partition coefficient (Wildman–Crippen LogP) is 4.23. The number of rotatable bonds is 6. The van der Waals surface area contributed by atoms with Gasteiger partial charge in [-0.15, -0.1) is 0 Å². The highest BCUT2D eigenvalue weighted by Gasteiger charge is 2.43. The van der Waals surface area contributed by atoms with Crippen LogP contribution in [0.5, 0.6) is 11.5 Å². The second kappa shape index (κ2) is 8.30. The predicted molar refractivity (Wildman–Crippen MR) is 117 cm³/mol. The molecule has 1 aliphatic carbocycles. The standard InChI is InChI=1S/C25H25NO5/c1-5-30-19-13-15(11-12-18(19)29-4)21-20(25(28)31-6-2)14(3)26-23-16-9-7-8-10-17(16)24(27)22(21)23/h7-13,21,26H,5-6H2,1-4H3/t21-/m1/s1. The summed E-state index contributed by atoms with van der Waals surface area (Å²) in [6.45, 7) is 6.20. The molecule has 0 spiro atoms. The molecule has 1 N–H and O–H groups in total. The number of allylic oxidation sites excluding steroid dienone is 2. The first-order valence-corrected chi connectivity index (χ1v) is 10.4. The van der Waals surface area contributed by atoms with Crippen LogP contribution in [0.4, 0.5) is 0 Å². The maximum absolute atomic E-state index is 13.5.